The first-order valence-corrected chi connectivity index (χ1v) is 10.5. The van der Waals surface area contributed by atoms with Crippen molar-refractivity contribution in [3.8, 4) is 11.4 Å². The molecule has 0 amide bonds. The first-order valence-electron chi connectivity index (χ1n) is 10.5. The normalized spacial score (nSPS) is 14.8. The molecule has 9 heteroatoms. The highest BCUT2D eigenvalue weighted by Crippen LogP contribution is 2.30. The fourth-order valence-electron chi connectivity index (χ4n) is 3.39. The Labute approximate surface area is 188 Å². The van der Waals surface area contributed by atoms with Crippen LogP contribution in [0.15, 0.2) is 59.7 Å². The average Bonchev–Trinajstić information content (AvgIpc) is 3.61. The lowest BCUT2D eigenvalue weighted by molar-refractivity contribution is -0.115. The Hall–Kier alpha value is -3.62. The highest BCUT2D eigenvalue weighted by atomic mass is 19.4. The van der Waals surface area contributed by atoms with Gasteiger partial charge in [0, 0.05) is 23.5 Å². The molecule has 0 spiro atoms. The van der Waals surface area contributed by atoms with Gasteiger partial charge < -0.3 is 10.1 Å². The summed E-state index contributed by atoms with van der Waals surface area (Å²) in [5.74, 6) is 1.03. The van der Waals surface area contributed by atoms with Crippen LogP contribution in [0.5, 0.6) is 5.75 Å². The summed E-state index contributed by atoms with van der Waals surface area (Å²) in [7, 11) is 1.56. The van der Waals surface area contributed by atoms with Crippen LogP contribution >= 0.6 is 0 Å². The topological polar surface area (TPSA) is 69.0 Å². The minimum atomic E-state index is -4.41. The van der Waals surface area contributed by atoms with Crippen LogP contribution in [0.2, 0.25) is 0 Å². The van der Waals surface area contributed by atoms with E-state index in [4.69, 9.17) is 4.74 Å². The van der Waals surface area contributed by atoms with E-state index in [1.165, 1.54) is 10.8 Å². The quantitative estimate of drug-likeness (QED) is 0.499. The second-order valence-electron chi connectivity index (χ2n) is 7.92. The Morgan fingerprint density at radius 1 is 1.27 bits per heavy atom. The summed E-state index contributed by atoms with van der Waals surface area (Å²) in [6, 6.07) is 6.99. The lowest BCUT2D eigenvalue weighted by atomic mass is 10.1. The first kappa shape index (κ1) is 22.6. The molecule has 0 bridgehead atoms. The number of halogens is 3. The molecule has 1 saturated carbocycles. The minimum Gasteiger partial charge on any atom is -0.497 e. The Bertz CT molecular complexity index is 1270. The summed E-state index contributed by atoms with van der Waals surface area (Å²) in [6.45, 7) is 0.520. The molecule has 0 radical (unpaired) electrons. The van der Waals surface area contributed by atoms with Crippen LogP contribution in [0.1, 0.15) is 25.3 Å². The van der Waals surface area contributed by atoms with Crippen LogP contribution in [0.4, 0.5) is 19.1 Å². The molecule has 0 saturated heterocycles. The average molecular weight is 456 g/mol. The highest BCUT2D eigenvalue weighted by molar-refractivity contribution is 5.90. The van der Waals surface area contributed by atoms with Crippen LogP contribution in [0.3, 0.4) is 0 Å². The SMILES string of the molecule is COc1ccc(-n2cc3cnc(NCC(F)(F)F)nc3c(/C(C)=C/C=C/C3CC3)c2=O)cc1. The zero-order valence-electron chi connectivity index (χ0n) is 18.2. The van der Waals surface area contributed by atoms with E-state index in [0.717, 1.165) is 12.8 Å². The second kappa shape index (κ2) is 9.09. The predicted molar refractivity (Wildman–Crippen MR) is 122 cm³/mol. The monoisotopic (exact) mass is 456 g/mol. The maximum atomic E-state index is 13.5. The van der Waals surface area contributed by atoms with Crippen molar-refractivity contribution in [2.75, 3.05) is 19.0 Å². The fraction of sp³-hybridized carbons (Fsp3) is 0.292. The molecule has 1 aliphatic rings. The molecule has 2 aromatic heterocycles. The summed E-state index contributed by atoms with van der Waals surface area (Å²) in [6.07, 6.45) is 6.73. The number of fused-ring (bicyclic) bond motifs is 1. The van der Waals surface area contributed by atoms with Crippen LogP contribution in [0.25, 0.3) is 22.2 Å². The van der Waals surface area contributed by atoms with E-state index in [1.54, 1.807) is 44.5 Å². The second-order valence-corrected chi connectivity index (χ2v) is 7.92. The lowest BCUT2D eigenvalue weighted by Crippen LogP contribution is -2.24. The number of allylic oxidation sites excluding steroid dienone is 4. The first-order chi connectivity index (χ1) is 15.7. The Kier molecular flexibility index (Phi) is 6.22. The maximum Gasteiger partial charge on any atom is 0.405 e. The largest absolute Gasteiger partial charge is 0.497 e. The number of benzene rings is 1. The van der Waals surface area contributed by atoms with Crippen LogP contribution in [0, 0.1) is 5.92 Å². The number of nitrogens with zero attached hydrogens (tertiary/aromatic N) is 3. The highest BCUT2D eigenvalue weighted by Gasteiger charge is 2.27. The predicted octanol–water partition coefficient (Wildman–Crippen LogP) is 5.13. The van der Waals surface area contributed by atoms with Gasteiger partial charge in [0.05, 0.1) is 18.2 Å². The maximum absolute atomic E-state index is 13.5. The van der Waals surface area contributed by atoms with Crippen molar-refractivity contribution in [2.24, 2.45) is 5.92 Å². The van der Waals surface area contributed by atoms with E-state index in [-0.39, 0.29) is 17.0 Å². The van der Waals surface area contributed by atoms with Crippen LogP contribution < -0.4 is 15.6 Å². The number of hydrogen-bond donors (Lipinski definition) is 1. The van der Waals surface area contributed by atoms with Crippen LogP contribution in [-0.2, 0) is 0 Å². The van der Waals surface area contributed by atoms with E-state index >= 15 is 0 Å². The number of anilines is 1. The molecule has 6 nitrogen and oxygen atoms in total. The Morgan fingerprint density at radius 3 is 2.64 bits per heavy atom. The number of ether oxygens (including phenoxy) is 1. The third kappa shape index (κ3) is 5.42. The molecule has 1 N–H and O–H groups in total. The van der Waals surface area contributed by atoms with E-state index in [1.807, 2.05) is 12.2 Å². The van der Waals surface area contributed by atoms with Gasteiger partial charge in [-0.15, -0.1) is 0 Å². The van der Waals surface area contributed by atoms with E-state index in [9.17, 15) is 18.0 Å². The summed E-state index contributed by atoms with van der Waals surface area (Å²) in [5, 5.41) is 2.71. The molecular formula is C24H23F3N4O2. The van der Waals surface area contributed by atoms with E-state index in [0.29, 0.717) is 33.9 Å². The molecule has 1 aliphatic carbocycles. The molecule has 0 unspecified atom stereocenters. The molecule has 2 heterocycles. The zero-order valence-corrected chi connectivity index (χ0v) is 18.2. The number of methoxy groups -OCH3 is 1. The van der Waals surface area contributed by atoms with Crippen molar-refractivity contribution in [2.45, 2.75) is 25.9 Å². The lowest BCUT2D eigenvalue weighted by Gasteiger charge is -2.14. The molecule has 3 aromatic rings. The van der Waals surface area contributed by atoms with Gasteiger partial charge in [-0.1, -0.05) is 18.2 Å². The van der Waals surface area contributed by atoms with Crippen molar-refractivity contribution in [3.63, 3.8) is 0 Å². The summed E-state index contributed by atoms with van der Waals surface area (Å²) in [4.78, 5) is 21.8. The van der Waals surface area contributed by atoms with Crippen LogP contribution in [-0.4, -0.2) is 34.4 Å². The molecule has 1 aromatic carbocycles. The molecule has 1 fully saturated rings. The van der Waals surface area contributed by atoms with Gasteiger partial charge >= 0.3 is 6.18 Å². The van der Waals surface area contributed by atoms with Crippen molar-refractivity contribution in [1.82, 2.24) is 14.5 Å². The third-order valence-corrected chi connectivity index (χ3v) is 5.30. The summed E-state index contributed by atoms with van der Waals surface area (Å²) >= 11 is 0. The summed E-state index contributed by atoms with van der Waals surface area (Å²) < 4.78 is 44.6. The van der Waals surface area contributed by atoms with Gasteiger partial charge in [0.1, 0.15) is 12.3 Å². The van der Waals surface area contributed by atoms with Crippen molar-refractivity contribution >= 4 is 22.4 Å². The number of nitrogens with one attached hydrogen (secondary N) is 1. The van der Waals surface area contributed by atoms with Crippen molar-refractivity contribution in [3.05, 3.63) is 70.8 Å². The Balaban J connectivity index is 1.84. The van der Waals surface area contributed by atoms with Gasteiger partial charge in [0.25, 0.3) is 5.56 Å². The van der Waals surface area contributed by atoms with Crippen molar-refractivity contribution < 1.29 is 17.9 Å². The number of alkyl halides is 3. The molecule has 172 valence electrons. The Morgan fingerprint density at radius 2 is 2.00 bits per heavy atom. The van der Waals surface area contributed by atoms with Gasteiger partial charge in [-0.25, -0.2) is 9.97 Å². The van der Waals surface area contributed by atoms with Gasteiger partial charge in [-0.3, -0.25) is 9.36 Å². The zero-order chi connectivity index (χ0) is 23.6. The third-order valence-electron chi connectivity index (χ3n) is 5.30. The smallest absolute Gasteiger partial charge is 0.405 e. The molecule has 0 aliphatic heterocycles. The molecule has 0 atom stereocenters. The number of pyridine rings is 1. The van der Waals surface area contributed by atoms with Gasteiger partial charge in [-0.2, -0.15) is 13.2 Å². The minimum absolute atomic E-state index is 0.191. The fourth-order valence-corrected chi connectivity index (χ4v) is 3.39. The van der Waals surface area contributed by atoms with Gasteiger partial charge in [-0.05, 0) is 55.5 Å². The standard InChI is InChI=1S/C24H23F3N4O2/c1-15(4-3-5-16-6-7-16)20-21-17(12-28-23(30-21)29-14-24(25,26)27)13-31(22(20)32)18-8-10-19(33-2)11-9-18/h3-5,8-13,16H,6-7,14H2,1-2H3,(H,29,30)/b5-3+,15-4+. The molecular weight excluding hydrogens is 433 g/mol. The number of hydrogen-bond acceptors (Lipinski definition) is 5. The number of rotatable bonds is 7. The van der Waals surface area contributed by atoms with Crippen molar-refractivity contribution in [1.29, 1.82) is 0 Å². The summed E-state index contributed by atoms with van der Waals surface area (Å²) in [5.41, 5.74) is 1.54. The van der Waals surface area contributed by atoms with Gasteiger partial charge in [0.2, 0.25) is 5.95 Å². The molecule has 33 heavy (non-hydrogen) atoms. The number of aromatic nitrogens is 3. The van der Waals surface area contributed by atoms with E-state index < -0.39 is 12.7 Å². The molecule has 4 rings (SSSR count). The van der Waals surface area contributed by atoms with Gasteiger partial charge in [0.15, 0.2) is 0 Å². The van der Waals surface area contributed by atoms with E-state index in [2.05, 4.69) is 21.4 Å².